The van der Waals surface area contributed by atoms with Crippen LogP contribution >= 0.6 is 0 Å². The highest BCUT2D eigenvalue weighted by Gasteiger charge is 1.96. The second kappa shape index (κ2) is 5.29. The number of aliphatic hydroxyl groups is 1. The molecule has 0 saturated heterocycles. The van der Waals surface area contributed by atoms with Crippen molar-refractivity contribution in [2.24, 2.45) is 5.73 Å². The fraction of sp³-hybridized carbons (Fsp3) is 0.182. The van der Waals surface area contributed by atoms with Crippen molar-refractivity contribution in [3.8, 4) is 0 Å². The largest absolute Gasteiger partial charge is 0.400 e. The molecule has 4 nitrogen and oxygen atoms in total. The van der Waals surface area contributed by atoms with E-state index >= 15 is 0 Å². The van der Waals surface area contributed by atoms with E-state index in [9.17, 15) is 0 Å². The Labute approximate surface area is 88.5 Å². The Bertz CT molecular complexity index is 443. The van der Waals surface area contributed by atoms with Crippen LogP contribution in [0.1, 0.15) is 5.56 Å². The SMILES string of the molecule is CO.NCc1ccc2ccc(N)nc2c1. The summed E-state index contributed by atoms with van der Waals surface area (Å²) in [4.78, 5) is 4.21. The Morgan fingerprint density at radius 2 is 1.87 bits per heavy atom. The van der Waals surface area contributed by atoms with Crippen molar-refractivity contribution in [1.29, 1.82) is 0 Å². The van der Waals surface area contributed by atoms with Crippen LogP contribution in [0.4, 0.5) is 5.82 Å². The lowest BCUT2D eigenvalue weighted by molar-refractivity contribution is 0.399. The van der Waals surface area contributed by atoms with Crippen LogP contribution in [0.15, 0.2) is 30.3 Å². The molecule has 0 aliphatic heterocycles. The van der Waals surface area contributed by atoms with Crippen molar-refractivity contribution in [3.05, 3.63) is 35.9 Å². The fourth-order valence-corrected chi connectivity index (χ4v) is 1.31. The highest BCUT2D eigenvalue weighted by Crippen LogP contribution is 2.15. The second-order valence-corrected chi connectivity index (χ2v) is 2.97. The van der Waals surface area contributed by atoms with E-state index < -0.39 is 0 Å². The Balaban J connectivity index is 0.000000531. The van der Waals surface area contributed by atoms with Gasteiger partial charge in [0.1, 0.15) is 5.82 Å². The van der Waals surface area contributed by atoms with Gasteiger partial charge in [-0.15, -0.1) is 0 Å². The van der Waals surface area contributed by atoms with Crippen molar-refractivity contribution in [3.63, 3.8) is 0 Å². The van der Waals surface area contributed by atoms with E-state index in [2.05, 4.69) is 4.98 Å². The van der Waals surface area contributed by atoms with Gasteiger partial charge < -0.3 is 16.6 Å². The number of pyridine rings is 1. The molecule has 80 valence electrons. The van der Waals surface area contributed by atoms with Crippen LogP contribution in [0.3, 0.4) is 0 Å². The molecule has 0 saturated carbocycles. The zero-order chi connectivity index (χ0) is 11.3. The van der Waals surface area contributed by atoms with E-state index in [0.29, 0.717) is 12.4 Å². The van der Waals surface area contributed by atoms with Gasteiger partial charge in [-0.3, -0.25) is 0 Å². The number of anilines is 1. The molecule has 0 aliphatic carbocycles. The van der Waals surface area contributed by atoms with Crippen molar-refractivity contribution in [1.82, 2.24) is 4.98 Å². The van der Waals surface area contributed by atoms with Crippen LogP contribution in [0.2, 0.25) is 0 Å². The molecule has 0 bridgehead atoms. The topological polar surface area (TPSA) is 85.2 Å². The average molecular weight is 205 g/mol. The molecule has 15 heavy (non-hydrogen) atoms. The third-order valence-electron chi connectivity index (χ3n) is 2.01. The van der Waals surface area contributed by atoms with Gasteiger partial charge in [-0.1, -0.05) is 12.1 Å². The highest BCUT2D eigenvalue weighted by molar-refractivity contribution is 5.80. The van der Waals surface area contributed by atoms with Crippen LogP contribution in [-0.4, -0.2) is 17.2 Å². The number of benzene rings is 1. The summed E-state index contributed by atoms with van der Waals surface area (Å²) in [6.07, 6.45) is 0. The van der Waals surface area contributed by atoms with Gasteiger partial charge in [-0.2, -0.15) is 0 Å². The van der Waals surface area contributed by atoms with E-state index in [1.54, 1.807) is 6.07 Å². The maximum absolute atomic E-state index is 7.00. The van der Waals surface area contributed by atoms with Gasteiger partial charge in [0.25, 0.3) is 0 Å². The Morgan fingerprint density at radius 3 is 2.53 bits per heavy atom. The summed E-state index contributed by atoms with van der Waals surface area (Å²) >= 11 is 0. The molecular formula is C11H15N3O. The molecule has 2 aromatic rings. The number of nitrogens with zero attached hydrogens (tertiary/aromatic N) is 1. The Hall–Kier alpha value is -1.65. The smallest absolute Gasteiger partial charge is 0.124 e. The molecule has 0 unspecified atom stereocenters. The lowest BCUT2D eigenvalue weighted by atomic mass is 10.1. The van der Waals surface area contributed by atoms with Crippen molar-refractivity contribution < 1.29 is 5.11 Å². The molecule has 1 heterocycles. The third-order valence-corrected chi connectivity index (χ3v) is 2.01. The first kappa shape index (κ1) is 11.4. The number of nitrogen functional groups attached to an aromatic ring is 1. The molecule has 1 aromatic heterocycles. The molecular weight excluding hydrogens is 190 g/mol. The lowest BCUT2D eigenvalue weighted by Gasteiger charge is -2.00. The van der Waals surface area contributed by atoms with Crippen molar-refractivity contribution in [2.45, 2.75) is 6.54 Å². The number of nitrogens with two attached hydrogens (primary N) is 2. The zero-order valence-electron chi connectivity index (χ0n) is 8.64. The van der Waals surface area contributed by atoms with E-state index in [1.165, 1.54) is 0 Å². The van der Waals surface area contributed by atoms with Crippen molar-refractivity contribution >= 4 is 16.7 Å². The predicted octanol–water partition coefficient (Wildman–Crippen LogP) is 0.884. The summed E-state index contributed by atoms with van der Waals surface area (Å²) < 4.78 is 0. The number of rotatable bonds is 1. The summed E-state index contributed by atoms with van der Waals surface area (Å²) in [7, 11) is 1.00. The normalized spacial score (nSPS) is 9.53. The molecule has 0 amide bonds. The van der Waals surface area contributed by atoms with Gasteiger partial charge in [0.2, 0.25) is 0 Å². The van der Waals surface area contributed by atoms with Gasteiger partial charge in [0.05, 0.1) is 5.52 Å². The standard InChI is InChI=1S/C10H11N3.CH4O/c11-6-7-1-2-8-3-4-10(12)13-9(8)5-7;1-2/h1-5H,6,11H2,(H2,12,13);2H,1H3. The molecule has 0 radical (unpaired) electrons. The number of aromatic nitrogens is 1. The second-order valence-electron chi connectivity index (χ2n) is 2.97. The number of fused-ring (bicyclic) bond motifs is 1. The predicted molar refractivity (Wildman–Crippen MR) is 62.2 cm³/mol. The quantitative estimate of drug-likeness (QED) is 0.645. The number of hydrogen-bond donors (Lipinski definition) is 3. The molecule has 0 spiro atoms. The molecule has 4 heteroatoms. The van der Waals surface area contributed by atoms with Crippen LogP contribution in [0.25, 0.3) is 10.9 Å². The summed E-state index contributed by atoms with van der Waals surface area (Å²) in [6.45, 7) is 0.534. The van der Waals surface area contributed by atoms with E-state index in [4.69, 9.17) is 16.6 Å². The van der Waals surface area contributed by atoms with Gasteiger partial charge in [-0.25, -0.2) is 4.98 Å². The third kappa shape index (κ3) is 2.65. The fourth-order valence-electron chi connectivity index (χ4n) is 1.31. The monoisotopic (exact) mass is 205 g/mol. The number of aliphatic hydroxyl groups excluding tert-OH is 1. The summed E-state index contributed by atoms with van der Waals surface area (Å²) in [5.74, 6) is 0.543. The maximum Gasteiger partial charge on any atom is 0.124 e. The zero-order valence-corrected chi connectivity index (χ0v) is 8.64. The summed E-state index contributed by atoms with van der Waals surface area (Å²) in [6, 6.07) is 9.72. The van der Waals surface area contributed by atoms with Crippen LogP contribution in [-0.2, 0) is 6.54 Å². The van der Waals surface area contributed by atoms with Crippen LogP contribution < -0.4 is 11.5 Å². The van der Waals surface area contributed by atoms with Crippen molar-refractivity contribution in [2.75, 3.05) is 12.8 Å². The Kier molecular flexibility index (Phi) is 4.03. The van der Waals surface area contributed by atoms with E-state index in [1.807, 2.05) is 24.3 Å². The first-order chi connectivity index (χ1) is 7.29. The Morgan fingerprint density at radius 1 is 1.20 bits per heavy atom. The summed E-state index contributed by atoms with van der Waals surface area (Å²) in [5.41, 5.74) is 13.1. The number of hydrogen-bond acceptors (Lipinski definition) is 4. The molecule has 0 aliphatic rings. The lowest BCUT2D eigenvalue weighted by Crippen LogP contribution is -1.96. The van der Waals surface area contributed by atoms with E-state index in [-0.39, 0.29) is 0 Å². The minimum Gasteiger partial charge on any atom is -0.400 e. The van der Waals surface area contributed by atoms with Crippen LogP contribution in [0.5, 0.6) is 0 Å². The minimum atomic E-state index is 0.534. The first-order valence-corrected chi connectivity index (χ1v) is 4.59. The highest BCUT2D eigenvalue weighted by atomic mass is 16.2. The van der Waals surface area contributed by atoms with E-state index in [0.717, 1.165) is 23.6 Å². The summed E-state index contributed by atoms with van der Waals surface area (Å²) in [5, 5.41) is 8.09. The molecule has 1 aromatic carbocycles. The molecule has 2 rings (SSSR count). The first-order valence-electron chi connectivity index (χ1n) is 4.59. The van der Waals surface area contributed by atoms with Gasteiger partial charge in [0, 0.05) is 19.0 Å². The minimum absolute atomic E-state index is 0.534. The van der Waals surface area contributed by atoms with Gasteiger partial charge in [-0.05, 0) is 23.8 Å². The average Bonchev–Trinajstić information content (AvgIpc) is 2.30. The molecule has 5 N–H and O–H groups in total. The molecule has 0 fully saturated rings. The van der Waals surface area contributed by atoms with Crippen LogP contribution in [0, 0.1) is 0 Å². The van der Waals surface area contributed by atoms with Gasteiger partial charge in [0.15, 0.2) is 0 Å². The van der Waals surface area contributed by atoms with Gasteiger partial charge >= 0.3 is 0 Å². The maximum atomic E-state index is 7.00. The molecule has 0 atom stereocenters.